The smallest absolute Gasteiger partial charge is 0.140 e. The minimum absolute atomic E-state index is 0.0188. The maximum atomic E-state index is 11.6. The van der Waals surface area contributed by atoms with Crippen LogP contribution in [-0.4, -0.2) is 11.6 Å². The number of hydrogen-bond acceptors (Lipinski definition) is 3. The molecule has 2 aromatic rings. The molecule has 1 aliphatic rings. The van der Waals surface area contributed by atoms with Crippen molar-refractivity contribution in [1.29, 1.82) is 0 Å². The Labute approximate surface area is 133 Å². The van der Waals surface area contributed by atoms with Crippen molar-refractivity contribution in [2.75, 3.05) is 0 Å². The summed E-state index contributed by atoms with van der Waals surface area (Å²) in [6.45, 7) is 0. The first-order valence-corrected chi connectivity index (χ1v) is 7.55. The Balaban J connectivity index is 1.78. The van der Waals surface area contributed by atoms with Crippen molar-refractivity contribution in [2.24, 2.45) is 0 Å². The second-order valence-corrected chi connectivity index (χ2v) is 5.92. The number of halogens is 1. The van der Waals surface area contributed by atoms with Crippen molar-refractivity contribution in [2.45, 2.75) is 25.2 Å². The van der Waals surface area contributed by atoms with E-state index in [-0.39, 0.29) is 23.9 Å². The molecular weight excluding hydrogens is 300 g/mol. The predicted octanol–water partition coefficient (Wildman–Crippen LogP) is 4.54. The van der Waals surface area contributed by atoms with Gasteiger partial charge in [0.25, 0.3) is 0 Å². The molecule has 4 heteroatoms. The molecule has 1 aliphatic carbocycles. The van der Waals surface area contributed by atoms with Crippen LogP contribution in [0.25, 0.3) is 0 Å². The van der Waals surface area contributed by atoms with Gasteiger partial charge >= 0.3 is 0 Å². The van der Waals surface area contributed by atoms with Gasteiger partial charge in [0, 0.05) is 17.9 Å². The van der Waals surface area contributed by atoms with Crippen LogP contribution in [0.5, 0.6) is 11.5 Å². The summed E-state index contributed by atoms with van der Waals surface area (Å²) in [5.74, 6) is 1.38. The lowest BCUT2D eigenvalue weighted by Crippen LogP contribution is -2.21. The van der Waals surface area contributed by atoms with E-state index in [4.69, 9.17) is 16.3 Å². The molecule has 1 saturated carbocycles. The van der Waals surface area contributed by atoms with Gasteiger partial charge in [-0.1, -0.05) is 23.7 Å². The van der Waals surface area contributed by atoms with Gasteiger partial charge < -0.3 is 4.74 Å². The number of Topliss-reactive ketones (excluding diaryl/α,β-unsaturated/α-hetero) is 2. The molecule has 1 fully saturated rings. The van der Waals surface area contributed by atoms with Crippen molar-refractivity contribution < 1.29 is 14.3 Å². The highest BCUT2D eigenvalue weighted by molar-refractivity contribution is 6.30. The monoisotopic (exact) mass is 314 g/mol. The lowest BCUT2D eigenvalue weighted by atomic mass is 9.82. The van der Waals surface area contributed by atoms with E-state index in [9.17, 15) is 9.59 Å². The minimum atomic E-state index is -0.0393. The maximum absolute atomic E-state index is 11.6. The third-order valence-corrected chi connectivity index (χ3v) is 3.97. The normalized spacial score (nSPS) is 15.9. The molecule has 22 heavy (non-hydrogen) atoms. The van der Waals surface area contributed by atoms with E-state index in [1.807, 2.05) is 24.3 Å². The zero-order chi connectivity index (χ0) is 15.5. The highest BCUT2D eigenvalue weighted by atomic mass is 35.5. The number of carbonyl (C=O) groups is 2. The molecule has 3 rings (SSSR count). The summed E-state index contributed by atoms with van der Waals surface area (Å²) in [4.78, 5) is 23.2. The Bertz CT molecular complexity index is 691. The maximum Gasteiger partial charge on any atom is 0.140 e. The van der Waals surface area contributed by atoms with Gasteiger partial charge in [0.15, 0.2) is 0 Å². The van der Waals surface area contributed by atoms with E-state index >= 15 is 0 Å². The van der Waals surface area contributed by atoms with Crippen LogP contribution in [0.15, 0.2) is 48.5 Å². The van der Waals surface area contributed by atoms with Gasteiger partial charge in [-0.3, -0.25) is 9.59 Å². The van der Waals surface area contributed by atoms with Crippen LogP contribution in [0, 0.1) is 0 Å². The van der Waals surface area contributed by atoms with Crippen molar-refractivity contribution >= 4 is 23.2 Å². The molecule has 0 aliphatic heterocycles. The van der Waals surface area contributed by atoms with Gasteiger partial charge in [0.05, 0.1) is 6.42 Å². The SMILES string of the molecule is O=C1CC(=O)CC(c2cccc(Oc3ccc(Cl)cc3)c2)C1. The Morgan fingerprint density at radius 1 is 0.909 bits per heavy atom. The van der Waals surface area contributed by atoms with E-state index < -0.39 is 0 Å². The molecule has 0 bridgehead atoms. The van der Waals surface area contributed by atoms with Gasteiger partial charge in [-0.25, -0.2) is 0 Å². The van der Waals surface area contributed by atoms with Crippen LogP contribution in [-0.2, 0) is 9.59 Å². The molecule has 0 heterocycles. The fraction of sp³-hybridized carbons (Fsp3) is 0.222. The fourth-order valence-electron chi connectivity index (χ4n) is 2.69. The molecule has 0 amide bonds. The molecule has 0 saturated heterocycles. The first-order valence-electron chi connectivity index (χ1n) is 7.17. The van der Waals surface area contributed by atoms with Crippen LogP contribution in [0.3, 0.4) is 0 Å². The number of hydrogen-bond donors (Lipinski definition) is 0. The lowest BCUT2D eigenvalue weighted by molar-refractivity contribution is -0.130. The van der Waals surface area contributed by atoms with E-state index in [0.29, 0.717) is 29.4 Å². The second kappa shape index (κ2) is 6.32. The average molecular weight is 315 g/mol. The third kappa shape index (κ3) is 3.55. The zero-order valence-corrected chi connectivity index (χ0v) is 12.7. The summed E-state index contributed by atoms with van der Waals surface area (Å²) < 4.78 is 5.79. The van der Waals surface area contributed by atoms with Gasteiger partial charge in [0.1, 0.15) is 23.1 Å². The zero-order valence-electron chi connectivity index (χ0n) is 11.9. The molecule has 0 N–H and O–H groups in total. The standard InChI is InChI=1S/C18H15ClO3/c19-14-4-6-17(7-5-14)22-18-3-1-2-12(10-18)13-8-15(20)11-16(21)9-13/h1-7,10,13H,8-9,11H2. The summed E-state index contributed by atoms with van der Waals surface area (Å²) in [7, 11) is 0. The molecule has 2 aromatic carbocycles. The predicted molar refractivity (Wildman–Crippen MR) is 84.6 cm³/mol. The molecular formula is C18H15ClO3. The molecule has 3 nitrogen and oxygen atoms in total. The summed E-state index contributed by atoms with van der Waals surface area (Å²) in [6, 6.07) is 14.7. The number of ketones is 2. The molecule has 112 valence electrons. The molecule has 0 atom stereocenters. The van der Waals surface area contributed by atoms with Gasteiger partial charge in [-0.2, -0.15) is 0 Å². The Hall–Kier alpha value is -2.13. The Morgan fingerprint density at radius 2 is 1.59 bits per heavy atom. The van der Waals surface area contributed by atoms with Crippen LogP contribution in [0.1, 0.15) is 30.7 Å². The van der Waals surface area contributed by atoms with Crippen molar-refractivity contribution in [3.8, 4) is 11.5 Å². The van der Waals surface area contributed by atoms with Gasteiger partial charge in [-0.05, 0) is 47.9 Å². The topological polar surface area (TPSA) is 43.4 Å². The van der Waals surface area contributed by atoms with Gasteiger partial charge in [0.2, 0.25) is 0 Å². The summed E-state index contributed by atoms with van der Waals surface area (Å²) in [6.07, 6.45) is 0.934. The molecule has 0 unspecified atom stereocenters. The summed E-state index contributed by atoms with van der Waals surface area (Å²) in [5.41, 5.74) is 0.966. The van der Waals surface area contributed by atoms with Crippen molar-refractivity contribution in [1.82, 2.24) is 0 Å². The first-order chi connectivity index (χ1) is 10.6. The summed E-state index contributed by atoms with van der Waals surface area (Å²) in [5, 5.41) is 0.653. The van der Waals surface area contributed by atoms with E-state index in [1.54, 1.807) is 24.3 Å². The van der Waals surface area contributed by atoms with E-state index in [1.165, 1.54) is 0 Å². The molecule has 0 radical (unpaired) electrons. The second-order valence-electron chi connectivity index (χ2n) is 5.49. The van der Waals surface area contributed by atoms with Crippen LogP contribution in [0.4, 0.5) is 0 Å². The largest absolute Gasteiger partial charge is 0.457 e. The average Bonchev–Trinajstić information content (AvgIpc) is 2.49. The molecule has 0 spiro atoms. The minimum Gasteiger partial charge on any atom is -0.457 e. The Morgan fingerprint density at radius 3 is 2.27 bits per heavy atom. The first kappa shape index (κ1) is 14.8. The summed E-state index contributed by atoms with van der Waals surface area (Å²) >= 11 is 5.85. The number of rotatable bonds is 3. The quantitative estimate of drug-likeness (QED) is 0.781. The van der Waals surface area contributed by atoms with Crippen molar-refractivity contribution in [3.63, 3.8) is 0 Å². The number of ether oxygens (including phenoxy) is 1. The van der Waals surface area contributed by atoms with Gasteiger partial charge in [-0.15, -0.1) is 0 Å². The highest BCUT2D eigenvalue weighted by Crippen LogP contribution is 2.32. The molecule has 0 aromatic heterocycles. The van der Waals surface area contributed by atoms with E-state index in [0.717, 1.165) is 5.56 Å². The van der Waals surface area contributed by atoms with Crippen molar-refractivity contribution in [3.05, 3.63) is 59.1 Å². The highest BCUT2D eigenvalue weighted by Gasteiger charge is 2.26. The lowest BCUT2D eigenvalue weighted by Gasteiger charge is -2.20. The fourth-order valence-corrected chi connectivity index (χ4v) is 2.82. The van der Waals surface area contributed by atoms with Crippen LogP contribution in [0.2, 0.25) is 5.02 Å². The van der Waals surface area contributed by atoms with Crippen LogP contribution >= 0.6 is 11.6 Å². The Kier molecular flexibility index (Phi) is 4.25. The van der Waals surface area contributed by atoms with Crippen LogP contribution < -0.4 is 4.74 Å². The van der Waals surface area contributed by atoms with E-state index in [2.05, 4.69) is 0 Å². The number of carbonyl (C=O) groups excluding carboxylic acids is 2. The number of benzene rings is 2. The third-order valence-electron chi connectivity index (χ3n) is 3.72.